The van der Waals surface area contributed by atoms with Gasteiger partial charge in [-0.15, -0.1) is 11.3 Å². The molecule has 4 aliphatic rings. The number of amides is 1. The van der Waals surface area contributed by atoms with Gasteiger partial charge in [0, 0.05) is 25.6 Å². The van der Waals surface area contributed by atoms with E-state index < -0.39 is 0 Å². The summed E-state index contributed by atoms with van der Waals surface area (Å²) >= 11 is 1.62. The van der Waals surface area contributed by atoms with Gasteiger partial charge in [0.25, 0.3) is 11.6 Å². The van der Waals surface area contributed by atoms with E-state index in [-0.39, 0.29) is 11.9 Å². The molecule has 1 aliphatic carbocycles. The predicted molar refractivity (Wildman–Crippen MR) is 112 cm³/mol. The van der Waals surface area contributed by atoms with Crippen LogP contribution in [0.15, 0.2) is 28.1 Å². The van der Waals surface area contributed by atoms with Gasteiger partial charge >= 0.3 is 0 Å². The van der Waals surface area contributed by atoms with E-state index in [2.05, 4.69) is 10.1 Å². The standard InChI is InChI=1S/C22H24N4O2S/c1-25(17-12-26-8-6-13(17)7-9-26)22(27)15-11-16(18-3-2-10-29-18)23-21-19(15)20(24-28-21)14-4-5-14/h2-3,10-11,13-14,17H,4-9,12H2,1H3. The molecule has 6 nitrogen and oxygen atoms in total. The Morgan fingerprint density at radius 3 is 2.76 bits per heavy atom. The van der Waals surface area contributed by atoms with E-state index >= 15 is 0 Å². The Morgan fingerprint density at radius 2 is 2.10 bits per heavy atom. The summed E-state index contributed by atoms with van der Waals surface area (Å²) in [6.07, 6.45) is 4.60. The van der Waals surface area contributed by atoms with Gasteiger partial charge in [0.1, 0.15) is 0 Å². The van der Waals surface area contributed by atoms with Gasteiger partial charge in [-0.3, -0.25) is 4.79 Å². The van der Waals surface area contributed by atoms with E-state index in [0.29, 0.717) is 23.1 Å². The molecule has 1 atom stereocenters. The Hall–Kier alpha value is -2.25. The molecule has 7 heteroatoms. The molecule has 150 valence electrons. The van der Waals surface area contributed by atoms with Gasteiger partial charge in [0.2, 0.25) is 0 Å². The molecule has 0 aromatic carbocycles. The summed E-state index contributed by atoms with van der Waals surface area (Å²) in [5.41, 5.74) is 2.89. The Kier molecular flexibility index (Phi) is 4.03. The summed E-state index contributed by atoms with van der Waals surface area (Å²) in [7, 11) is 1.97. The van der Waals surface area contributed by atoms with Crippen LogP contribution < -0.4 is 0 Å². The van der Waals surface area contributed by atoms with Crippen LogP contribution in [0, 0.1) is 5.92 Å². The number of pyridine rings is 1. The topological polar surface area (TPSA) is 62.5 Å². The van der Waals surface area contributed by atoms with Crippen LogP contribution in [0.4, 0.5) is 0 Å². The molecule has 1 unspecified atom stereocenters. The monoisotopic (exact) mass is 408 g/mol. The van der Waals surface area contributed by atoms with E-state index in [4.69, 9.17) is 9.51 Å². The third kappa shape index (κ3) is 2.90. The minimum absolute atomic E-state index is 0.0686. The number of hydrogen-bond acceptors (Lipinski definition) is 6. The molecular formula is C22H24N4O2S. The van der Waals surface area contributed by atoms with Gasteiger partial charge < -0.3 is 14.3 Å². The van der Waals surface area contributed by atoms with Crippen molar-refractivity contribution in [2.45, 2.75) is 37.6 Å². The molecule has 0 spiro atoms. The molecule has 7 rings (SSSR count). The Balaban J connectivity index is 1.44. The zero-order chi connectivity index (χ0) is 19.5. The van der Waals surface area contributed by atoms with Crippen molar-refractivity contribution in [2.75, 3.05) is 26.7 Å². The lowest BCUT2D eigenvalue weighted by Crippen LogP contribution is -2.57. The number of likely N-dealkylation sites (N-methyl/N-ethyl adjacent to an activating group) is 1. The molecule has 1 amide bonds. The third-order valence-electron chi connectivity index (χ3n) is 6.88. The average molecular weight is 409 g/mol. The number of thiophene rings is 1. The first-order valence-corrected chi connectivity index (χ1v) is 11.4. The van der Waals surface area contributed by atoms with Crippen molar-refractivity contribution in [3.8, 4) is 10.6 Å². The van der Waals surface area contributed by atoms with E-state index in [0.717, 1.165) is 41.0 Å². The van der Waals surface area contributed by atoms with Crippen LogP contribution in [-0.2, 0) is 0 Å². The molecule has 29 heavy (non-hydrogen) atoms. The van der Waals surface area contributed by atoms with Crippen LogP contribution in [0.1, 0.15) is 47.7 Å². The molecule has 0 N–H and O–H groups in total. The molecule has 2 bridgehead atoms. The Morgan fingerprint density at radius 1 is 1.28 bits per heavy atom. The molecule has 6 heterocycles. The maximum Gasteiger partial charge on any atom is 0.259 e. The molecule has 4 fully saturated rings. The second-order valence-electron chi connectivity index (χ2n) is 8.68. The maximum absolute atomic E-state index is 13.8. The highest BCUT2D eigenvalue weighted by molar-refractivity contribution is 7.13. The normalized spacial score (nSPS) is 26.2. The molecular weight excluding hydrogens is 384 g/mol. The third-order valence-corrected chi connectivity index (χ3v) is 7.77. The van der Waals surface area contributed by atoms with Crippen LogP contribution in [0.5, 0.6) is 0 Å². The fourth-order valence-corrected chi connectivity index (χ4v) is 5.73. The molecule has 3 aromatic heterocycles. The van der Waals surface area contributed by atoms with Crippen LogP contribution in [-0.4, -0.2) is 58.6 Å². The summed E-state index contributed by atoms with van der Waals surface area (Å²) in [6.45, 7) is 3.32. The smallest absolute Gasteiger partial charge is 0.259 e. The second-order valence-corrected chi connectivity index (χ2v) is 9.62. The van der Waals surface area contributed by atoms with Gasteiger partial charge in [-0.1, -0.05) is 11.2 Å². The van der Waals surface area contributed by atoms with Crippen LogP contribution >= 0.6 is 11.3 Å². The molecule has 3 saturated heterocycles. The lowest BCUT2D eigenvalue weighted by atomic mass is 9.83. The molecule has 3 aromatic rings. The van der Waals surface area contributed by atoms with Gasteiger partial charge in [-0.2, -0.15) is 0 Å². The number of hydrogen-bond donors (Lipinski definition) is 0. The summed E-state index contributed by atoms with van der Waals surface area (Å²) in [5.74, 6) is 1.08. The second kappa shape index (κ2) is 6.64. The highest BCUT2D eigenvalue weighted by Gasteiger charge is 2.39. The number of fused-ring (bicyclic) bond motifs is 4. The van der Waals surface area contributed by atoms with Crippen LogP contribution in [0.25, 0.3) is 21.7 Å². The maximum atomic E-state index is 13.8. The molecule has 3 aliphatic heterocycles. The molecule has 0 radical (unpaired) electrons. The number of aromatic nitrogens is 2. The van der Waals surface area contributed by atoms with Crippen molar-refractivity contribution in [3.05, 3.63) is 34.8 Å². The SMILES string of the molecule is CN(C(=O)c1cc(-c2cccs2)nc2onc(C3CC3)c12)C1CN2CCC1CC2. The lowest BCUT2D eigenvalue weighted by Gasteiger charge is -2.48. The number of rotatable bonds is 4. The summed E-state index contributed by atoms with van der Waals surface area (Å²) in [5, 5.41) is 7.17. The number of piperidine rings is 3. The highest BCUT2D eigenvalue weighted by atomic mass is 32.1. The molecule has 1 saturated carbocycles. The lowest BCUT2D eigenvalue weighted by molar-refractivity contribution is 0.0163. The summed E-state index contributed by atoms with van der Waals surface area (Å²) in [6, 6.07) is 6.27. The van der Waals surface area contributed by atoms with Gasteiger partial charge in [0.15, 0.2) is 0 Å². The minimum atomic E-state index is 0.0686. The average Bonchev–Trinajstić information content (AvgIpc) is 3.28. The summed E-state index contributed by atoms with van der Waals surface area (Å²) in [4.78, 5) is 24.0. The minimum Gasteiger partial charge on any atom is -0.337 e. The van der Waals surface area contributed by atoms with Crippen LogP contribution in [0.3, 0.4) is 0 Å². The van der Waals surface area contributed by atoms with Gasteiger partial charge in [-0.05, 0) is 62.2 Å². The quantitative estimate of drug-likeness (QED) is 0.653. The van der Waals surface area contributed by atoms with Crippen molar-refractivity contribution in [3.63, 3.8) is 0 Å². The fourth-order valence-electron chi connectivity index (χ4n) is 5.04. The zero-order valence-corrected chi connectivity index (χ0v) is 17.3. The first-order chi connectivity index (χ1) is 14.2. The highest BCUT2D eigenvalue weighted by Crippen LogP contribution is 2.44. The fraction of sp³-hybridized carbons (Fsp3) is 0.500. The zero-order valence-electron chi connectivity index (χ0n) is 16.5. The van der Waals surface area contributed by atoms with Gasteiger partial charge in [0.05, 0.1) is 27.2 Å². The predicted octanol–water partition coefficient (Wildman–Crippen LogP) is 3.99. The van der Waals surface area contributed by atoms with E-state index in [1.165, 1.54) is 25.9 Å². The number of carbonyl (C=O) groups excluding carboxylic acids is 1. The van der Waals surface area contributed by atoms with Gasteiger partial charge in [-0.25, -0.2) is 4.98 Å². The largest absolute Gasteiger partial charge is 0.337 e. The summed E-state index contributed by atoms with van der Waals surface area (Å²) < 4.78 is 5.62. The Labute approximate surface area is 173 Å². The van der Waals surface area contributed by atoms with Crippen molar-refractivity contribution in [2.24, 2.45) is 5.92 Å². The Bertz CT molecular complexity index is 1060. The first-order valence-electron chi connectivity index (χ1n) is 10.5. The van der Waals surface area contributed by atoms with Crippen molar-refractivity contribution >= 4 is 28.3 Å². The van der Waals surface area contributed by atoms with E-state index in [9.17, 15) is 4.79 Å². The first kappa shape index (κ1) is 17.6. The van der Waals surface area contributed by atoms with Crippen molar-refractivity contribution < 1.29 is 9.32 Å². The van der Waals surface area contributed by atoms with E-state index in [1.54, 1.807) is 11.3 Å². The van der Waals surface area contributed by atoms with E-state index in [1.807, 2.05) is 35.5 Å². The van der Waals surface area contributed by atoms with Crippen LogP contribution in [0.2, 0.25) is 0 Å². The number of carbonyl (C=O) groups is 1. The van der Waals surface area contributed by atoms with Crippen molar-refractivity contribution in [1.82, 2.24) is 19.9 Å². The number of nitrogens with zero attached hydrogens (tertiary/aromatic N) is 4. The van der Waals surface area contributed by atoms with Crippen molar-refractivity contribution in [1.29, 1.82) is 0 Å².